The van der Waals surface area contributed by atoms with Crippen molar-refractivity contribution >= 4 is 17.8 Å². The summed E-state index contributed by atoms with van der Waals surface area (Å²) in [6.45, 7) is 4.88. The van der Waals surface area contributed by atoms with Crippen LogP contribution in [0.15, 0.2) is 24.3 Å². The molecule has 25 heavy (non-hydrogen) atoms. The lowest BCUT2D eigenvalue weighted by atomic mass is 10.1. The van der Waals surface area contributed by atoms with Crippen LogP contribution in [0.25, 0.3) is 0 Å². The lowest BCUT2D eigenvalue weighted by Gasteiger charge is -2.13. The average molecular weight is 347 g/mol. The van der Waals surface area contributed by atoms with E-state index < -0.39 is 12.1 Å². The van der Waals surface area contributed by atoms with Gasteiger partial charge in [-0.05, 0) is 30.0 Å². The molecular formula is C18H25N3O4. The zero-order valence-corrected chi connectivity index (χ0v) is 14.9. The molecule has 0 aromatic heterocycles. The van der Waals surface area contributed by atoms with Crippen LogP contribution < -0.4 is 15.4 Å². The molecule has 7 heteroatoms. The molecule has 2 rings (SSSR count). The van der Waals surface area contributed by atoms with E-state index in [9.17, 15) is 14.4 Å². The Hall–Kier alpha value is -2.57. The van der Waals surface area contributed by atoms with Gasteiger partial charge in [0.2, 0.25) is 5.91 Å². The Morgan fingerprint density at radius 2 is 1.96 bits per heavy atom. The van der Waals surface area contributed by atoms with E-state index in [1.165, 1.54) is 0 Å². The van der Waals surface area contributed by atoms with Gasteiger partial charge < -0.3 is 15.4 Å². The smallest absolute Gasteiger partial charge is 0.325 e. The Morgan fingerprint density at radius 1 is 1.28 bits per heavy atom. The zero-order valence-electron chi connectivity index (χ0n) is 14.9. The maximum Gasteiger partial charge on any atom is 0.325 e. The second-order valence-corrected chi connectivity index (χ2v) is 6.51. The molecule has 1 saturated heterocycles. The van der Waals surface area contributed by atoms with Gasteiger partial charge >= 0.3 is 6.03 Å². The minimum absolute atomic E-state index is 0.0399. The van der Waals surface area contributed by atoms with E-state index in [1.807, 2.05) is 0 Å². The highest BCUT2D eigenvalue weighted by atomic mass is 16.5. The summed E-state index contributed by atoms with van der Waals surface area (Å²) in [4.78, 5) is 37.5. The Balaban J connectivity index is 1.89. The van der Waals surface area contributed by atoms with E-state index in [0.29, 0.717) is 18.2 Å². The summed E-state index contributed by atoms with van der Waals surface area (Å²) in [7, 11) is 1.57. The molecule has 0 spiro atoms. The number of hydrogen-bond acceptors (Lipinski definition) is 4. The standard InChI is InChI=1S/C18H25N3O4/c1-12(2)8-9-19-16(22)10-15-17(23)21(18(24)20-15)11-13-4-6-14(25-3)7-5-13/h4-7,12,15H,8-11H2,1-3H3,(H,19,22)(H,20,24). The average Bonchev–Trinajstić information content (AvgIpc) is 2.82. The van der Waals surface area contributed by atoms with Crippen molar-refractivity contribution in [1.82, 2.24) is 15.5 Å². The van der Waals surface area contributed by atoms with Gasteiger partial charge in [-0.25, -0.2) is 4.79 Å². The quantitative estimate of drug-likeness (QED) is 0.700. The third-order valence-corrected chi connectivity index (χ3v) is 4.04. The lowest BCUT2D eigenvalue weighted by molar-refractivity contribution is -0.131. The Labute approximate surface area is 147 Å². The maximum absolute atomic E-state index is 12.4. The Bertz CT molecular complexity index is 628. The molecule has 7 nitrogen and oxygen atoms in total. The second kappa shape index (κ2) is 8.50. The number of carbonyl (C=O) groups is 3. The van der Waals surface area contributed by atoms with Gasteiger partial charge in [-0.3, -0.25) is 14.5 Å². The Kier molecular flexibility index (Phi) is 6.38. The van der Waals surface area contributed by atoms with Crippen LogP contribution in [0.2, 0.25) is 0 Å². The van der Waals surface area contributed by atoms with E-state index >= 15 is 0 Å². The van der Waals surface area contributed by atoms with Crippen LogP contribution in [0.1, 0.15) is 32.3 Å². The van der Waals surface area contributed by atoms with E-state index in [4.69, 9.17) is 4.74 Å². The maximum atomic E-state index is 12.4. The van der Waals surface area contributed by atoms with Crippen LogP contribution in [0.4, 0.5) is 4.79 Å². The fourth-order valence-electron chi connectivity index (χ4n) is 2.54. The van der Waals surface area contributed by atoms with E-state index in [-0.39, 0.29) is 24.8 Å². The third-order valence-electron chi connectivity index (χ3n) is 4.04. The summed E-state index contributed by atoms with van der Waals surface area (Å²) in [6, 6.07) is 5.86. The predicted octanol–water partition coefficient (Wildman–Crippen LogP) is 1.67. The number of carbonyl (C=O) groups excluding carboxylic acids is 3. The topological polar surface area (TPSA) is 87.7 Å². The molecule has 1 unspecified atom stereocenters. The number of amides is 4. The van der Waals surface area contributed by atoms with Crippen LogP contribution >= 0.6 is 0 Å². The SMILES string of the molecule is COc1ccc(CN2C(=O)NC(CC(=O)NCCC(C)C)C2=O)cc1. The van der Waals surface area contributed by atoms with Crippen molar-refractivity contribution in [3.05, 3.63) is 29.8 Å². The second-order valence-electron chi connectivity index (χ2n) is 6.51. The number of rotatable bonds is 8. The molecule has 136 valence electrons. The van der Waals surface area contributed by atoms with Gasteiger partial charge in [-0.1, -0.05) is 26.0 Å². The number of benzene rings is 1. The predicted molar refractivity (Wildman–Crippen MR) is 92.9 cm³/mol. The monoisotopic (exact) mass is 347 g/mol. The molecule has 0 saturated carbocycles. The van der Waals surface area contributed by atoms with Crippen LogP contribution in [0, 0.1) is 5.92 Å². The van der Waals surface area contributed by atoms with Crippen LogP contribution in [0.5, 0.6) is 5.75 Å². The molecule has 0 radical (unpaired) electrons. The number of methoxy groups -OCH3 is 1. The van der Waals surface area contributed by atoms with Crippen LogP contribution in [-0.2, 0) is 16.1 Å². The van der Waals surface area contributed by atoms with Gasteiger partial charge in [0, 0.05) is 6.54 Å². The third kappa shape index (κ3) is 5.20. The molecule has 0 bridgehead atoms. The molecule has 2 N–H and O–H groups in total. The van der Waals surface area contributed by atoms with Gasteiger partial charge in [-0.2, -0.15) is 0 Å². The fraction of sp³-hybridized carbons (Fsp3) is 0.500. The molecule has 0 aliphatic carbocycles. The summed E-state index contributed by atoms with van der Waals surface area (Å²) < 4.78 is 5.08. The van der Waals surface area contributed by atoms with Crippen molar-refractivity contribution in [2.45, 2.75) is 39.3 Å². The summed E-state index contributed by atoms with van der Waals surface area (Å²) >= 11 is 0. The fourth-order valence-corrected chi connectivity index (χ4v) is 2.54. The van der Waals surface area contributed by atoms with Crippen molar-refractivity contribution in [1.29, 1.82) is 0 Å². The number of nitrogens with zero attached hydrogens (tertiary/aromatic N) is 1. The molecule has 1 fully saturated rings. The zero-order chi connectivity index (χ0) is 18.4. The highest BCUT2D eigenvalue weighted by Crippen LogP contribution is 2.17. The van der Waals surface area contributed by atoms with Gasteiger partial charge in [-0.15, -0.1) is 0 Å². The lowest BCUT2D eigenvalue weighted by Crippen LogP contribution is -2.37. The van der Waals surface area contributed by atoms with Gasteiger partial charge in [0.15, 0.2) is 0 Å². The first kappa shape index (κ1) is 18.8. The Morgan fingerprint density at radius 3 is 2.56 bits per heavy atom. The molecule has 1 atom stereocenters. The molecule has 1 aromatic carbocycles. The van der Waals surface area contributed by atoms with E-state index in [2.05, 4.69) is 24.5 Å². The van der Waals surface area contributed by atoms with Gasteiger partial charge in [0.1, 0.15) is 11.8 Å². The van der Waals surface area contributed by atoms with E-state index in [0.717, 1.165) is 16.9 Å². The van der Waals surface area contributed by atoms with Crippen molar-refractivity contribution < 1.29 is 19.1 Å². The van der Waals surface area contributed by atoms with Crippen molar-refractivity contribution in [2.75, 3.05) is 13.7 Å². The van der Waals surface area contributed by atoms with Crippen molar-refractivity contribution in [3.8, 4) is 5.75 Å². The molecule has 1 aliphatic heterocycles. The normalized spacial score (nSPS) is 17.0. The number of nitrogens with one attached hydrogen (secondary N) is 2. The van der Waals surface area contributed by atoms with Crippen LogP contribution in [-0.4, -0.2) is 42.4 Å². The van der Waals surface area contributed by atoms with Crippen molar-refractivity contribution in [2.24, 2.45) is 5.92 Å². The molecule has 1 heterocycles. The molecule has 1 aromatic rings. The first-order chi connectivity index (χ1) is 11.9. The number of urea groups is 1. The summed E-state index contributed by atoms with van der Waals surface area (Å²) in [5.74, 6) is 0.593. The minimum Gasteiger partial charge on any atom is -0.497 e. The van der Waals surface area contributed by atoms with Crippen molar-refractivity contribution in [3.63, 3.8) is 0 Å². The first-order valence-corrected chi connectivity index (χ1v) is 8.42. The van der Waals surface area contributed by atoms with E-state index in [1.54, 1.807) is 31.4 Å². The molecule has 1 aliphatic rings. The number of ether oxygens (including phenoxy) is 1. The highest BCUT2D eigenvalue weighted by molar-refractivity contribution is 6.05. The summed E-state index contributed by atoms with van der Waals surface area (Å²) in [6.07, 6.45) is 0.835. The first-order valence-electron chi connectivity index (χ1n) is 8.42. The molecule has 4 amide bonds. The van der Waals surface area contributed by atoms with Crippen LogP contribution in [0.3, 0.4) is 0 Å². The minimum atomic E-state index is -0.801. The summed E-state index contributed by atoms with van der Waals surface area (Å²) in [5.41, 5.74) is 0.811. The number of hydrogen-bond donors (Lipinski definition) is 2. The number of imide groups is 1. The van der Waals surface area contributed by atoms with Gasteiger partial charge in [0.25, 0.3) is 5.91 Å². The summed E-state index contributed by atoms with van der Waals surface area (Å²) in [5, 5.41) is 5.36. The largest absolute Gasteiger partial charge is 0.497 e. The highest BCUT2D eigenvalue weighted by Gasteiger charge is 2.38. The molecular weight excluding hydrogens is 322 g/mol. The van der Waals surface area contributed by atoms with Gasteiger partial charge in [0.05, 0.1) is 20.1 Å².